The fourth-order valence-electron chi connectivity index (χ4n) is 1.63. The number of urea groups is 1. The number of likely N-dealkylation sites (tertiary alicyclic amines) is 1. The molecule has 0 aliphatic carbocycles. The molecule has 2 atom stereocenters. The van der Waals surface area contributed by atoms with Gasteiger partial charge in [0.25, 0.3) is 0 Å². The number of hydrogen-bond donors (Lipinski definition) is 3. The van der Waals surface area contributed by atoms with Crippen LogP contribution in [0, 0.1) is 0 Å². The maximum Gasteiger partial charge on any atom is 0.326 e. The summed E-state index contributed by atoms with van der Waals surface area (Å²) in [7, 11) is 0. The first kappa shape index (κ1) is 13.1. The van der Waals surface area contributed by atoms with Crippen molar-refractivity contribution < 1.29 is 19.8 Å². The molecule has 0 aromatic heterocycles. The second-order valence-corrected chi connectivity index (χ2v) is 4.61. The quantitative estimate of drug-likeness (QED) is 0.588. The second kappa shape index (κ2) is 5.95. The summed E-state index contributed by atoms with van der Waals surface area (Å²) in [4.78, 5) is 23.6. The number of aliphatic hydroxyl groups is 1. The first-order chi connectivity index (χ1) is 7.56. The highest BCUT2D eigenvalue weighted by Gasteiger charge is 2.38. The molecule has 92 valence electrons. The molecule has 0 aromatic carbocycles. The minimum atomic E-state index is -1.07. The Bertz CT molecular complexity index is 274. The Morgan fingerprint density at radius 2 is 2.25 bits per heavy atom. The van der Waals surface area contributed by atoms with Crippen molar-refractivity contribution >= 4 is 23.8 Å². The van der Waals surface area contributed by atoms with E-state index in [0.717, 1.165) is 5.75 Å². The van der Waals surface area contributed by atoms with E-state index in [-0.39, 0.29) is 13.0 Å². The van der Waals surface area contributed by atoms with Crippen LogP contribution in [0.5, 0.6) is 0 Å². The molecule has 0 spiro atoms. The monoisotopic (exact) mass is 248 g/mol. The number of carboxylic acids is 1. The Labute approximate surface area is 98.0 Å². The van der Waals surface area contributed by atoms with Crippen molar-refractivity contribution in [2.75, 3.05) is 25.1 Å². The van der Waals surface area contributed by atoms with Gasteiger partial charge in [-0.05, 0) is 6.26 Å². The highest BCUT2D eigenvalue weighted by molar-refractivity contribution is 7.98. The third-order valence-electron chi connectivity index (χ3n) is 2.41. The Kier molecular flexibility index (Phi) is 4.88. The SMILES string of the molecule is CSCCNC(=O)N1C[C@H](O)C[C@@H]1C(=O)O. The second-order valence-electron chi connectivity index (χ2n) is 3.62. The molecule has 1 aliphatic rings. The number of aliphatic hydroxyl groups excluding tert-OH is 1. The number of carbonyl (C=O) groups is 2. The topological polar surface area (TPSA) is 89.9 Å². The molecule has 1 heterocycles. The highest BCUT2D eigenvalue weighted by Crippen LogP contribution is 2.17. The van der Waals surface area contributed by atoms with E-state index >= 15 is 0 Å². The van der Waals surface area contributed by atoms with Crippen molar-refractivity contribution in [1.29, 1.82) is 0 Å². The van der Waals surface area contributed by atoms with Crippen LogP contribution in [0.25, 0.3) is 0 Å². The highest BCUT2D eigenvalue weighted by atomic mass is 32.2. The molecule has 0 unspecified atom stereocenters. The van der Waals surface area contributed by atoms with Crippen LogP contribution >= 0.6 is 11.8 Å². The van der Waals surface area contributed by atoms with E-state index in [1.807, 2.05) is 6.26 Å². The number of carbonyl (C=O) groups excluding carboxylic acids is 1. The van der Waals surface area contributed by atoms with Gasteiger partial charge >= 0.3 is 12.0 Å². The van der Waals surface area contributed by atoms with Gasteiger partial charge in [-0.15, -0.1) is 0 Å². The number of hydrogen-bond acceptors (Lipinski definition) is 4. The summed E-state index contributed by atoms with van der Waals surface area (Å²) < 4.78 is 0. The van der Waals surface area contributed by atoms with E-state index in [1.165, 1.54) is 4.90 Å². The van der Waals surface area contributed by atoms with Crippen molar-refractivity contribution in [3.63, 3.8) is 0 Å². The largest absolute Gasteiger partial charge is 0.480 e. The summed E-state index contributed by atoms with van der Waals surface area (Å²) in [5.41, 5.74) is 0. The molecule has 1 saturated heterocycles. The predicted molar refractivity (Wildman–Crippen MR) is 60.5 cm³/mol. The van der Waals surface area contributed by atoms with Gasteiger partial charge in [0.1, 0.15) is 6.04 Å². The van der Waals surface area contributed by atoms with Gasteiger partial charge in [0.05, 0.1) is 6.10 Å². The molecule has 1 aliphatic heterocycles. The van der Waals surface area contributed by atoms with Crippen molar-refractivity contribution in [2.45, 2.75) is 18.6 Å². The molecule has 7 heteroatoms. The Hall–Kier alpha value is -0.950. The lowest BCUT2D eigenvalue weighted by molar-refractivity contribution is -0.141. The first-order valence-corrected chi connectivity index (χ1v) is 6.40. The molecule has 0 aromatic rings. The molecule has 1 rings (SSSR count). The Morgan fingerprint density at radius 1 is 1.56 bits per heavy atom. The molecule has 0 radical (unpaired) electrons. The zero-order valence-corrected chi connectivity index (χ0v) is 9.87. The summed E-state index contributed by atoms with van der Waals surface area (Å²) >= 11 is 1.59. The number of amides is 2. The first-order valence-electron chi connectivity index (χ1n) is 5.00. The lowest BCUT2D eigenvalue weighted by atomic mass is 10.2. The maximum atomic E-state index is 11.6. The number of rotatable bonds is 4. The van der Waals surface area contributed by atoms with Crippen LogP contribution in [0.1, 0.15) is 6.42 Å². The third-order valence-corrected chi connectivity index (χ3v) is 3.02. The van der Waals surface area contributed by atoms with Crippen LogP contribution in [0.15, 0.2) is 0 Å². The number of carboxylic acid groups (broad SMARTS) is 1. The van der Waals surface area contributed by atoms with Crippen molar-refractivity contribution in [3.05, 3.63) is 0 Å². The van der Waals surface area contributed by atoms with Gasteiger partial charge < -0.3 is 20.4 Å². The number of nitrogens with zero attached hydrogens (tertiary/aromatic N) is 1. The molecule has 1 fully saturated rings. The molecule has 6 nitrogen and oxygen atoms in total. The van der Waals surface area contributed by atoms with E-state index in [2.05, 4.69) is 5.32 Å². The minimum Gasteiger partial charge on any atom is -0.480 e. The van der Waals surface area contributed by atoms with E-state index < -0.39 is 24.1 Å². The smallest absolute Gasteiger partial charge is 0.326 e. The summed E-state index contributed by atoms with van der Waals surface area (Å²) in [6, 6.07) is -1.33. The minimum absolute atomic E-state index is 0.0854. The Balaban J connectivity index is 2.50. The van der Waals surface area contributed by atoms with Gasteiger partial charge in [-0.2, -0.15) is 11.8 Å². The van der Waals surface area contributed by atoms with E-state index in [0.29, 0.717) is 6.54 Å². The maximum absolute atomic E-state index is 11.6. The van der Waals surface area contributed by atoms with Gasteiger partial charge in [-0.3, -0.25) is 0 Å². The van der Waals surface area contributed by atoms with Gasteiger partial charge in [-0.1, -0.05) is 0 Å². The zero-order valence-electron chi connectivity index (χ0n) is 9.05. The van der Waals surface area contributed by atoms with E-state index in [1.54, 1.807) is 11.8 Å². The lowest BCUT2D eigenvalue weighted by Gasteiger charge is -2.21. The molecule has 16 heavy (non-hydrogen) atoms. The van der Waals surface area contributed by atoms with E-state index in [4.69, 9.17) is 5.11 Å². The standard InChI is InChI=1S/C9H16N2O4S/c1-16-3-2-10-9(15)11-5-6(12)4-7(11)8(13)14/h6-7,12H,2-5H2,1H3,(H,10,15)(H,13,14)/t6-,7-/m1/s1. The number of aliphatic carboxylic acids is 1. The normalized spacial score (nSPS) is 24.5. The summed E-state index contributed by atoms with van der Waals surface area (Å²) in [5.74, 6) is -0.295. The summed E-state index contributed by atoms with van der Waals surface area (Å²) in [6.07, 6.45) is 1.28. The number of β-amino-alcohol motifs (C(OH)–C–C–N with tert-alkyl or cyclic N) is 1. The van der Waals surface area contributed by atoms with Crippen LogP contribution in [0.4, 0.5) is 4.79 Å². The molecule has 0 bridgehead atoms. The van der Waals surface area contributed by atoms with Crippen molar-refractivity contribution in [1.82, 2.24) is 10.2 Å². The average molecular weight is 248 g/mol. The predicted octanol–water partition coefficient (Wildman–Crippen LogP) is -0.421. The Morgan fingerprint density at radius 3 is 2.81 bits per heavy atom. The summed E-state index contributed by atoms with van der Waals surface area (Å²) in [5, 5.41) is 20.9. The van der Waals surface area contributed by atoms with Gasteiger partial charge in [0.2, 0.25) is 0 Å². The molecule has 0 saturated carbocycles. The number of thioether (sulfide) groups is 1. The van der Waals surface area contributed by atoms with Crippen LogP contribution in [-0.4, -0.2) is 64.4 Å². The molecule has 2 amide bonds. The summed E-state index contributed by atoms with van der Waals surface area (Å²) in [6.45, 7) is 0.584. The van der Waals surface area contributed by atoms with Gasteiger partial charge in [0.15, 0.2) is 0 Å². The van der Waals surface area contributed by atoms with Crippen molar-refractivity contribution in [3.8, 4) is 0 Å². The van der Waals surface area contributed by atoms with Crippen LogP contribution in [-0.2, 0) is 4.79 Å². The third kappa shape index (κ3) is 3.28. The average Bonchev–Trinajstić information content (AvgIpc) is 2.61. The van der Waals surface area contributed by atoms with E-state index in [9.17, 15) is 14.7 Å². The van der Waals surface area contributed by atoms with Crippen LogP contribution < -0.4 is 5.32 Å². The lowest BCUT2D eigenvalue weighted by Crippen LogP contribution is -2.46. The molecule has 3 N–H and O–H groups in total. The fraction of sp³-hybridized carbons (Fsp3) is 0.778. The van der Waals surface area contributed by atoms with Crippen LogP contribution in [0.2, 0.25) is 0 Å². The number of nitrogens with one attached hydrogen (secondary N) is 1. The van der Waals surface area contributed by atoms with Crippen LogP contribution in [0.3, 0.4) is 0 Å². The van der Waals surface area contributed by atoms with Gasteiger partial charge in [-0.25, -0.2) is 9.59 Å². The molecular weight excluding hydrogens is 232 g/mol. The fourth-order valence-corrected chi connectivity index (χ4v) is 1.94. The van der Waals surface area contributed by atoms with Crippen molar-refractivity contribution in [2.24, 2.45) is 0 Å². The molecular formula is C9H16N2O4S. The van der Waals surface area contributed by atoms with Gasteiger partial charge in [0, 0.05) is 25.3 Å². The zero-order chi connectivity index (χ0) is 12.1.